The van der Waals surface area contributed by atoms with Crippen molar-refractivity contribution in [3.63, 3.8) is 0 Å². The number of methoxy groups -OCH3 is 2. The maximum Gasteiger partial charge on any atom is 0.165 e. The Morgan fingerprint density at radius 3 is 2.56 bits per heavy atom. The normalized spacial score (nSPS) is 12.3. The summed E-state index contributed by atoms with van der Waals surface area (Å²) in [6.45, 7) is 2.79. The lowest BCUT2D eigenvalue weighted by Crippen LogP contribution is -2.31. The number of benzene rings is 1. The summed E-state index contributed by atoms with van der Waals surface area (Å²) in [6, 6.07) is 3.95. The molecule has 0 radical (unpaired) electrons. The fourth-order valence-electron chi connectivity index (χ4n) is 1.73. The zero-order valence-electron chi connectivity index (χ0n) is 11.0. The first kappa shape index (κ1) is 15.3. The molecule has 0 unspecified atom stereocenters. The van der Waals surface area contributed by atoms with Gasteiger partial charge in [0.1, 0.15) is 0 Å². The van der Waals surface area contributed by atoms with Crippen LogP contribution < -0.4 is 14.8 Å². The Morgan fingerprint density at radius 2 is 2.06 bits per heavy atom. The van der Waals surface area contributed by atoms with E-state index in [2.05, 4.69) is 21.2 Å². The fraction of sp³-hybridized carbons (Fsp3) is 0.538. The summed E-state index contributed by atoms with van der Waals surface area (Å²) in [7, 11) is 3.24. The number of aliphatic hydroxyl groups excluding tert-OH is 1. The molecule has 1 aromatic rings. The van der Waals surface area contributed by atoms with E-state index in [4.69, 9.17) is 14.6 Å². The molecular weight excluding hydrogens is 298 g/mol. The molecule has 0 aliphatic carbocycles. The minimum absolute atomic E-state index is 0.0969. The summed E-state index contributed by atoms with van der Waals surface area (Å²) in [5.74, 6) is 1.42. The second-order valence-electron chi connectivity index (χ2n) is 3.97. The first-order chi connectivity index (χ1) is 8.65. The Bertz CT molecular complexity index is 381. The van der Waals surface area contributed by atoms with Gasteiger partial charge in [0.05, 0.1) is 20.8 Å². The van der Waals surface area contributed by atoms with Crippen LogP contribution in [-0.2, 0) is 6.54 Å². The lowest BCUT2D eigenvalue weighted by atomic mass is 10.1. The third kappa shape index (κ3) is 3.86. The molecule has 0 bridgehead atoms. The Labute approximate surface area is 116 Å². The fourth-order valence-corrected chi connectivity index (χ4v) is 2.21. The Kier molecular flexibility index (Phi) is 6.46. The number of hydrogen-bond donors (Lipinski definition) is 2. The van der Waals surface area contributed by atoms with Crippen molar-refractivity contribution < 1.29 is 14.6 Å². The van der Waals surface area contributed by atoms with Crippen LogP contribution in [0.3, 0.4) is 0 Å². The summed E-state index contributed by atoms with van der Waals surface area (Å²) in [6.07, 6.45) is 0.879. The van der Waals surface area contributed by atoms with Crippen molar-refractivity contribution in [1.29, 1.82) is 0 Å². The lowest BCUT2D eigenvalue weighted by molar-refractivity contribution is 0.237. The maximum atomic E-state index is 9.16. The molecule has 0 aliphatic heterocycles. The van der Waals surface area contributed by atoms with Gasteiger partial charge < -0.3 is 19.9 Å². The van der Waals surface area contributed by atoms with E-state index in [1.54, 1.807) is 14.2 Å². The highest BCUT2D eigenvalue weighted by Crippen LogP contribution is 2.34. The summed E-state index contributed by atoms with van der Waals surface area (Å²) in [4.78, 5) is 0. The number of halogens is 1. The summed E-state index contributed by atoms with van der Waals surface area (Å²) in [5.41, 5.74) is 0.996. The standard InChI is InChI=1S/C13H20BrNO3/c1-4-11(8-16)15-7-9-5-10(14)6-12(17-2)13(9)18-3/h5-6,11,15-16H,4,7-8H2,1-3H3/t11-/m1/s1. The Balaban J connectivity index is 2.89. The van der Waals surface area contributed by atoms with Crippen LogP contribution in [0.15, 0.2) is 16.6 Å². The highest BCUT2D eigenvalue weighted by molar-refractivity contribution is 9.10. The predicted molar refractivity (Wildman–Crippen MR) is 75.3 cm³/mol. The topological polar surface area (TPSA) is 50.7 Å². The van der Waals surface area contributed by atoms with Crippen LogP contribution in [0.5, 0.6) is 11.5 Å². The van der Waals surface area contributed by atoms with Crippen LogP contribution >= 0.6 is 15.9 Å². The van der Waals surface area contributed by atoms with Gasteiger partial charge in [-0.05, 0) is 18.6 Å². The van der Waals surface area contributed by atoms with Crippen molar-refractivity contribution in [3.8, 4) is 11.5 Å². The highest BCUT2D eigenvalue weighted by Gasteiger charge is 2.13. The molecule has 0 fully saturated rings. The molecule has 0 spiro atoms. The number of hydrogen-bond acceptors (Lipinski definition) is 4. The average molecular weight is 318 g/mol. The second-order valence-corrected chi connectivity index (χ2v) is 4.88. The molecular formula is C13H20BrNO3. The number of ether oxygens (including phenoxy) is 2. The average Bonchev–Trinajstić information content (AvgIpc) is 2.39. The number of nitrogens with one attached hydrogen (secondary N) is 1. The quantitative estimate of drug-likeness (QED) is 0.810. The molecule has 0 aromatic heterocycles. The van der Waals surface area contributed by atoms with Gasteiger partial charge in [-0.25, -0.2) is 0 Å². The van der Waals surface area contributed by atoms with Crippen molar-refractivity contribution in [2.75, 3.05) is 20.8 Å². The third-order valence-electron chi connectivity index (χ3n) is 2.81. The predicted octanol–water partition coefficient (Wildman–Crippen LogP) is 2.33. The van der Waals surface area contributed by atoms with Gasteiger partial charge in [0, 0.05) is 22.6 Å². The van der Waals surface area contributed by atoms with Crippen molar-refractivity contribution >= 4 is 15.9 Å². The van der Waals surface area contributed by atoms with Crippen LogP contribution in [0.25, 0.3) is 0 Å². The molecule has 1 atom stereocenters. The molecule has 4 nitrogen and oxygen atoms in total. The second kappa shape index (κ2) is 7.61. The largest absolute Gasteiger partial charge is 0.493 e. The van der Waals surface area contributed by atoms with Gasteiger partial charge in [0.2, 0.25) is 0 Å². The van der Waals surface area contributed by atoms with Gasteiger partial charge in [-0.15, -0.1) is 0 Å². The zero-order chi connectivity index (χ0) is 13.5. The zero-order valence-corrected chi connectivity index (χ0v) is 12.6. The SMILES string of the molecule is CC[C@H](CO)NCc1cc(Br)cc(OC)c1OC. The van der Waals surface area contributed by atoms with E-state index in [0.717, 1.165) is 22.2 Å². The molecule has 2 N–H and O–H groups in total. The minimum Gasteiger partial charge on any atom is -0.493 e. The molecule has 0 heterocycles. The van der Waals surface area contributed by atoms with Crippen molar-refractivity contribution in [2.24, 2.45) is 0 Å². The van der Waals surface area contributed by atoms with Gasteiger partial charge in [-0.1, -0.05) is 22.9 Å². The summed E-state index contributed by atoms with van der Waals surface area (Å²) >= 11 is 3.45. The van der Waals surface area contributed by atoms with Gasteiger partial charge >= 0.3 is 0 Å². The van der Waals surface area contributed by atoms with E-state index < -0.39 is 0 Å². The van der Waals surface area contributed by atoms with E-state index >= 15 is 0 Å². The van der Waals surface area contributed by atoms with Crippen LogP contribution in [0, 0.1) is 0 Å². The molecule has 0 saturated heterocycles. The number of rotatable bonds is 7. The molecule has 0 amide bonds. The van der Waals surface area contributed by atoms with Gasteiger partial charge in [-0.2, -0.15) is 0 Å². The van der Waals surface area contributed by atoms with E-state index in [1.807, 2.05) is 19.1 Å². The summed E-state index contributed by atoms with van der Waals surface area (Å²) in [5, 5.41) is 12.4. The molecule has 1 aromatic carbocycles. The molecule has 18 heavy (non-hydrogen) atoms. The highest BCUT2D eigenvalue weighted by atomic mass is 79.9. The molecule has 1 rings (SSSR count). The monoisotopic (exact) mass is 317 g/mol. The molecule has 5 heteroatoms. The molecule has 102 valence electrons. The Morgan fingerprint density at radius 1 is 1.33 bits per heavy atom. The first-order valence-electron chi connectivity index (χ1n) is 5.90. The van der Waals surface area contributed by atoms with E-state index in [0.29, 0.717) is 12.3 Å². The van der Waals surface area contributed by atoms with Crippen LogP contribution in [0.2, 0.25) is 0 Å². The van der Waals surface area contributed by atoms with Gasteiger partial charge in [0.15, 0.2) is 11.5 Å². The maximum absolute atomic E-state index is 9.16. The minimum atomic E-state index is 0.0969. The summed E-state index contributed by atoms with van der Waals surface area (Å²) < 4.78 is 11.6. The van der Waals surface area contributed by atoms with Crippen LogP contribution in [-0.4, -0.2) is 32.0 Å². The van der Waals surface area contributed by atoms with Gasteiger partial charge in [-0.3, -0.25) is 0 Å². The molecule has 0 aliphatic rings. The van der Waals surface area contributed by atoms with Crippen molar-refractivity contribution in [3.05, 3.63) is 22.2 Å². The van der Waals surface area contributed by atoms with E-state index in [-0.39, 0.29) is 12.6 Å². The van der Waals surface area contributed by atoms with E-state index in [1.165, 1.54) is 0 Å². The molecule has 0 saturated carbocycles. The number of aliphatic hydroxyl groups is 1. The van der Waals surface area contributed by atoms with Crippen LogP contribution in [0.1, 0.15) is 18.9 Å². The van der Waals surface area contributed by atoms with Gasteiger partial charge in [0.25, 0.3) is 0 Å². The van der Waals surface area contributed by atoms with Crippen LogP contribution in [0.4, 0.5) is 0 Å². The van der Waals surface area contributed by atoms with Crippen molar-refractivity contribution in [1.82, 2.24) is 5.32 Å². The third-order valence-corrected chi connectivity index (χ3v) is 3.27. The van der Waals surface area contributed by atoms with E-state index in [9.17, 15) is 0 Å². The lowest BCUT2D eigenvalue weighted by Gasteiger charge is -2.17. The Hall–Kier alpha value is -0.780. The van der Waals surface area contributed by atoms with Crippen molar-refractivity contribution in [2.45, 2.75) is 25.9 Å². The first-order valence-corrected chi connectivity index (χ1v) is 6.70. The smallest absolute Gasteiger partial charge is 0.165 e.